The molecule has 0 spiro atoms. The SMILES string of the molecule is Nc1nc(=O)n(COC(CO)CO)cc1F. The molecular weight excluding hydrogens is 221 g/mol. The van der Waals surface area contributed by atoms with Gasteiger partial charge in [0.05, 0.1) is 19.4 Å². The molecular formula is C8H12FN3O4. The molecule has 0 aliphatic heterocycles. The second-order valence-electron chi connectivity index (χ2n) is 3.01. The Hall–Kier alpha value is -1.51. The quantitative estimate of drug-likeness (QED) is 0.558. The highest BCUT2D eigenvalue weighted by Gasteiger charge is 2.09. The van der Waals surface area contributed by atoms with Crippen molar-refractivity contribution >= 4 is 5.82 Å². The van der Waals surface area contributed by atoms with E-state index in [1.165, 1.54) is 0 Å². The Bertz CT molecular complexity index is 405. The first kappa shape index (κ1) is 12.6. The van der Waals surface area contributed by atoms with Crippen LogP contribution in [-0.4, -0.2) is 39.1 Å². The molecule has 8 heteroatoms. The Labute approximate surface area is 89.9 Å². The van der Waals surface area contributed by atoms with E-state index in [4.69, 9.17) is 20.7 Å². The summed E-state index contributed by atoms with van der Waals surface area (Å²) in [6, 6.07) is 0. The topological polar surface area (TPSA) is 111 Å². The summed E-state index contributed by atoms with van der Waals surface area (Å²) < 4.78 is 18.7. The van der Waals surface area contributed by atoms with Crippen molar-refractivity contribution in [1.82, 2.24) is 9.55 Å². The summed E-state index contributed by atoms with van der Waals surface area (Å²) in [4.78, 5) is 14.4. The van der Waals surface area contributed by atoms with Crippen LogP contribution in [0.3, 0.4) is 0 Å². The molecule has 16 heavy (non-hydrogen) atoms. The van der Waals surface area contributed by atoms with Gasteiger partial charge in [-0.3, -0.25) is 4.57 Å². The summed E-state index contributed by atoms with van der Waals surface area (Å²) in [5.41, 5.74) is 4.31. The van der Waals surface area contributed by atoms with Crippen LogP contribution >= 0.6 is 0 Å². The number of aliphatic hydroxyl groups excluding tert-OH is 2. The number of nitrogens with zero attached hydrogens (tertiary/aromatic N) is 2. The van der Waals surface area contributed by atoms with Crippen molar-refractivity contribution < 1.29 is 19.3 Å². The third kappa shape index (κ3) is 2.99. The average Bonchev–Trinajstić information content (AvgIpc) is 2.26. The van der Waals surface area contributed by atoms with Crippen LogP contribution in [0.15, 0.2) is 11.0 Å². The predicted molar refractivity (Wildman–Crippen MR) is 51.9 cm³/mol. The average molecular weight is 233 g/mol. The van der Waals surface area contributed by atoms with Crippen LogP contribution in [0.25, 0.3) is 0 Å². The van der Waals surface area contributed by atoms with Crippen LogP contribution in [0.4, 0.5) is 10.2 Å². The zero-order valence-electron chi connectivity index (χ0n) is 8.34. The minimum Gasteiger partial charge on any atom is -0.394 e. The van der Waals surface area contributed by atoms with Gasteiger partial charge in [0.2, 0.25) is 0 Å². The minimum atomic E-state index is -0.840. The van der Waals surface area contributed by atoms with Gasteiger partial charge in [0.15, 0.2) is 11.6 Å². The van der Waals surface area contributed by atoms with Gasteiger partial charge in [-0.25, -0.2) is 9.18 Å². The van der Waals surface area contributed by atoms with Crippen LogP contribution in [0, 0.1) is 5.82 Å². The first-order valence-corrected chi connectivity index (χ1v) is 4.44. The summed E-state index contributed by atoms with van der Waals surface area (Å²) in [6.45, 7) is -1.14. The van der Waals surface area contributed by atoms with E-state index in [1.807, 2.05) is 0 Å². The zero-order valence-corrected chi connectivity index (χ0v) is 8.34. The van der Waals surface area contributed by atoms with Crippen molar-refractivity contribution in [1.29, 1.82) is 0 Å². The normalized spacial score (nSPS) is 11.0. The Morgan fingerprint density at radius 3 is 2.75 bits per heavy atom. The van der Waals surface area contributed by atoms with Gasteiger partial charge in [-0.15, -0.1) is 0 Å². The van der Waals surface area contributed by atoms with Gasteiger partial charge in [-0.05, 0) is 0 Å². The van der Waals surface area contributed by atoms with Gasteiger partial charge in [-0.2, -0.15) is 4.98 Å². The Morgan fingerprint density at radius 2 is 2.19 bits per heavy atom. The lowest BCUT2D eigenvalue weighted by Gasteiger charge is -2.13. The number of hydrogen-bond acceptors (Lipinski definition) is 6. The zero-order chi connectivity index (χ0) is 12.1. The molecule has 0 fully saturated rings. The third-order valence-corrected chi connectivity index (χ3v) is 1.83. The third-order valence-electron chi connectivity index (χ3n) is 1.83. The molecule has 1 aromatic rings. The largest absolute Gasteiger partial charge is 0.394 e. The number of hydrogen-bond donors (Lipinski definition) is 3. The van der Waals surface area contributed by atoms with Crippen molar-refractivity contribution in [2.75, 3.05) is 18.9 Å². The first-order chi connectivity index (χ1) is 7.58. The van der Waals surface area contributed by atoms with Crippen molar-refractivity contribution in [2.45, 2.75) is 12.8 Å². The molecule has 1 heterocycles. The smallest absolute Gasteiger partial charge is 0.351 e. The maximum absolute atomic E-state index is 12.9. The standard InChI is InChI=1S/C8H12FN3O4/c9-6-1-12(8(15)11-7(6)10)4-16-5(2-13)3-14/h1,5,13-14H,2-4H2,(H2,10,11,15). The lowest BCUT2D eigenvalue weighted by molar-refractivity contribution is -0.0514. The van der Waals surface area contributed by atoms with E-state index >= 15 is 0 Å². The summed E-state index contributed by atoms with van der Waals surface area (Å²) in [5.74, 6) is -1.32. The number of aliphatic hydroxyl groups is 2. The fourth-order valence-corrected chi connectivity index (χ4v) is 0.920. The molecule has 0 unspecified atom stereocenters. The molecule has 0 amide bonds. The monoisotopic (exact) mass is 233 g/mol. The summed E-state index contributed by atoms with van der Waals surface area (Å²) >= 11 is 0. The van der Waals surface area contributed by atoms with Crippen LogP contribution in [-0.2, 0) is 11.5 Å². The molecule has 0 saturated heterocycles. The predicted octanol–water partition coefficient (Wildman–Crippen LogP) is -1.71. The number of ether oxygens (including phenoxy) is 1. The fraction of sp³-hybridized carbons (Fsp3) is 0.500. The number of nitrogens with two attached hydrogens (primary N) is 1. The van der Waals surface area contributed by atoms with Gasteiger partial charge in [-0.1, -0.05) is 0 Å². The van der Waals surface area contributed by atoms with Crippen molar-refractivity contribution in [3.63, 3.8) is 0 Å². The fourth-order valence-electron chi connectivity index (χ4n) is 0.920. The molecule has 90 valence electrons. The molecule has 0 aromatic carbocycles. The molecule has 0 saturated carbocycles. The molecule has 0 bridgehead atoms. The maximum atomic E-state index is 12.9. The number of aromatic nitrogens is 2. The highest BCUT2D eigenvalue weighted by molar-refractivity contribution is 5.26. The summed E-state index contributed by atoms with van der Waals surface area (Å²) in [7, 11) is 0. The summed E-state index contributed by atoms with van der Waals surface area (Å²) in [5, 5.41) is 17.4. The molecule has 1 aromatic heterocycles. The van der Waals surface area contributed by atoms with E-state index in [0.29, 0.717) is 0 Å². The number of nitrogen functional groups attached to an aromatic ring is 1. The second kappa shape index (κ2) is 5.54. The lowest BCUT2D eigenvalue weighted by Crippen LogP contribution is -2.30. The highest BCUT2D eigenvalue weighted by Crippen LogP contribution is 2.01. The Kier molecular flexibility index (Phi) is 4.35. The minimum absolute atomic E-state index is 0.325. The van der Waals surface area contributed by atoms with Gasteiger partial charge in [0.25, 0.3) is 0 Å². The van der Waals surface area contributed by atoms with Crippen molar-refractivity contribution in [3.05, 3.63) is 22.5 Å². The van der Waals surface area contributed by atoms with E-state index < -0.39 is 36.6 Å². The van der Waals surface area contributed by atoms with Crippen molar-refractivity contribution in [2.24, 2.45) is 0 Å². The van der Waals surface area contributed by atoms with Gasteiger partial charge < -0.3 is 20.7 Å². The first-order valence-electron chi connectivity index (χ1n) is 4.44. The molecule has 0 aliphatic carbocycles. The molecule has 0 aliphatic rings. The van der Waals surface area contributed by atoms with Gasteiger partial charge >= 0.3 is 5.69 Å². The maximum Gasteiger partial charge on any atom is 0.351 e. The molecule has 0 atom stereocenters. The number of rotatable bonds is 5. The van der Waals surface area contributed by atoms with Crippen LogP contribution in [0.1, 0.15) is 0 Å². The number of anilines is 1. The van der Waals surface area contributed by atoms with E-state index in [-0.39, 0.29) is 6.73 Å². The van der Waals surface area contributed by atoms with E-state index in [9.17, 15) is 9.18 Å². The second-order valence-corrected chi connectivity index (χ2v) is 3.01. The number of halogens is 1. The van der Waals surface area contributed by atoms with Crippen molar-refractivity contribution in [3.8, 4) is 0 Å². The van der Waals surface area contributed by atoms with Gasteiger partial charge in [0.1, 0.15) is 12.8 Å². The molecule has 7 nitrogen and oxygen atoms in total. The van der Waals surface area contributed by atoms with E-state index in [0.717, 1.165) is 10.8 Å². The van der Waals surface area contributed by atoms with Gasteiger partial charge in [0, 0.05) is 0 Å². The van der Waals surface area contributed by atoms with Crippen LogP contribution in [0.2, 0.25) is 0 Å². The Morgan fingerprint density at radius 1 is 1.56 bits per heavy atom. The molecule has 4 N–H and O–H groups in total. The summed E-state index contributed by atoms with van der Waals surface area (Å²) in [6.07, 6.45) is 0.0173. The van der Waals surface area contributed by atoms with E-state index in [2.05, 4.69) is 4.98 Å². The van der Waals surface area contributed by atoms with E-state index in [1.54, 1.807) is 0 Å². The highest BCUT2D eigenvalue weighted by atomic mass is 19.1. The molecule has 0 radical (unpaired) electrons. The molecule has 1 rings (SSSR count). The van der Waals surface area contributed by atoms with Crippen LogP contribution < -0.4 is 11.4 Å². The van der Waals surface area contributed by atoms with Crippen LogP contribution in [0.5, 0.6) is 0 Å². The lowest BCUT2D eigenvalue weighted by atomic mass is 10.4. The Balaban J connectivity index is 2.74.